The quantitative estimate of drug-likeness (QED) is 0.646. The van der Waals surface area contributed by atoms with Gasteiger partial charge >= 0.3 is 11.9 Å². The van der Waals surface area contributed by atoms with Gasteiger partial charge in [0, 0.05) is 12.6 Å². The minimum Gasteiger partial charge on any atom is -0.362 e. The molecule has 1 amide bonds. The van der Waals surface area contributed by atoms with E-state index in [-0.39, 0.29) is 16.4 Å². The van der Waals surface area contributed by atoms with Crippen molar-refractivity contribution >= 4 is 17.8 Å². The number of halogens is 3. The smallest absolute Gasteiger partial charge is 0.362 e. The molecule has 2 heterocycles. The Kier molecular flexibility index (Phi) is 3.64. The fourth-order valence-electron chi connectivity index (χ4n) is 1.91. The maximum absolute atomic E-state index is 12.8. The number of carbonyl (C=O) groups excluding carboxylic acids is 1. The molecule has 1 atom stereocenters. The van der Waals surface area contributed by atoms with Gasteiger partial charge in [-0.05, 0) is 6.92 Å². The van der Waals surface area contributed by atoms with Crippen LogP contribution in [-0.2, 0) is 11.3 Å². The molecule has 0 saturated carbocycles. The van der Waals surface area contributed by atoms with Crippen LogP contribution in [0.2, 0.25) is 0 Å². The highest BCUT2D eigenvalue weighted by Gasteiger charge is 2.61. The number of nitrogens with zero attached hydrogens (tertiary/aromatic N) is 5. The van der Waals surface area contributed by atoms with E-state index in [1.807, 2.05) is 0 Å². The molecule has 0 spiro atoms. The highest BCUT2D eigenvalue weighted by molar-refractivity contribution is 5.80. The predicted molar refractivity (Wildman–Crippen MR) is 64.6 cm³/mol. The molecule has 2 rings (SSSR count). The number of rotatable bonds is 3. The number of hydrogen-bond donors (Lipinski definition) is 1. The number of hydrogen-bond acceptors (Lipinski definition) is 6. The summed E-state index contributed by atoms with van der Waals surface area (Å²) in [6.07, 6.45) is -4.30. The Balaban J connectivity index is 2.20. The van der Waals surface area contributed by atoms with Crippen molar-refractivity contribution in [2.75, 3.05) is 0 Å². The van der Waals surface area contributed by atoms with Crippen molar-refractivity contribution in [3.8, 4) is 0 Å². The van der Waals surface area contributed by atoms with E-state index in [4.69, 9.17) is 0 Å². The minimum absolute atomic E-state index is 0.00815. The molecule has 1 unspecified atom stereocenters. The van der Waals surface area contributed by atoms with Crippen LogP contribution in [0.4, 0.5) is 18.9 Å². The number of aliphatic hydroxyl groups is 1. The molecule has 22 heavy (non-hydrogen) atoms. The second-order valence-electron chi connectivity index (χ2n) is 4.58. The van der Waals surface area contributed by atoms with Gasteiger partial charge in [0.2, 0.25) is 0 Å². The summed E-state index contributed by atoms with van der Waals surface area (Å²) in [5.74, 6) is -1.20. The van der Waals surface area contributed by atoms with E-state index in [0.29, 0.717) is 0 Å². The molecular weight excluding hydrogens is 311 g/mol. The van der Waals surface area contributed by atoms with Gasteiger partial charge in [-0.3, -0.25) is 19.6 Å². The van der Waals surface area contributed by atoms with Gasteiger partial charge in [-0.1, -0.05) is 0 Å². The standard InChI is InChI=1S/C10H10F3N5O4/c1-6-7(18(21)22)4-16(15-6)5-8(19)17-9(20,2-3-14-17)10(11,12)13/h3-4,20H,2,5H2,1H3. The monoisotopic (exact) mass is 321 g/mol. The maximum Gasteiger partial charge on any atom is 0.438 e. The van der Waals surface area contributed by atoms with Crippen LogP contribution in [0.25, 0.3) is 0 Å². The molecule has 1 N–H and O–H groups in total. The summed E-state index contributed by atoms with van der Waals surface area (Å²) in [6.45, 7) is 0.587. The van der Waals surface area contributed by atoms with Crippen LogP contribution >= 0.6 is 0 Å². The molecular formula is C10H10F3N5O4. The zero-order chi connectivity index (χ0) is 16.7. The van der Waals surface area contributed by atoms with E-state index in [0.717, 1.165) is 17.1 Å². The molecule has 12 heteroatoms. The third kappa shape index (κ3) is 2.52. The van der Waals surface area contributed by atoms with Gasteiger partial charge in [-0.25, -0.2) is 0 Å². The van der Waals surface area contributed by atoms with Gasteiger partial charge < -0.3 is 5.11 Å². The van der Waals surface area contributed by atoms with Gasteiger partial charge in [0.25, 0.3) is 11.6 Å². The molecule has 0 radical (unpaired) electrons. The summed E-state index contributed by atoms with van der Waals surface area (Å²) in [4.78, 5) is 21.8. The Labute approximate surface area is 120 Å². The molecule has 1 aromatic heterocycles. The molecule has 0 bridgehead atoms. The van der Waals surface area contributed by atoms with Crippen molar-refractivity contribution in [2.45, 2.75) is 31.8 Å². The second kappa shape index (κ2) is 5.05. The van der Waals surface area contributed by atoms with Crippen molar-refractivity contribution in [1.82, 2.24) is 14.8 Å². The average molecular weight is 321 g/mol. The lowest BCUT2D eigenvalue weighted by molar-refractivity contribution is -0.385. The number of aryl methyl sites for hydroxylation is 1. The van der Waals surface area contributed by atoms with Crippen LogP contribution in [0.3, 0.4) is 0 Å². The zero-order valence-corrected chi connectivity index (χ0v) is 11.1. The topological polar surface area (TPSA) is 114 Å². The number of aromatic nitrogens is 2. The molecule has 1 aromatic rings. The summed E-state index contributed by atoms with van der Waals surface area (Å²) in [5, 5.41) is 27.1. The Morgan fingerprint density at radius 3 is 2.73 bits per heavy atom. The zero-order valence-electron chi connectivity index (χ0n) is 11.1. The predicted octanol–water partition coefficient (Wildman–Crippen LogP) is 0.569. The van der Waals surface area contributed by atoms with Gasteiger partial charge in [0.05, 0.1) is 4.92 Å². The minimum atomic E-state index is -5.09. The molecule has 0 fully saturated rings. The molecule has 0 aliphatic carbocycles. The van der Waals surface area contributed by atoms with E-state index in [1.165, 1.54) is 6.92 Å². The van der Waals surface area contributed by atoms with Crippen molar-refractivity contribution in [2.24, 2.45) is 5.10 Å². The Hall–Kier alpha value is -2.50. The van der Waals surface area contributed by atoms with Crippen LogP contribution in [0.5, 0.6) is 0 Å². The number of carbonyl (C=O) groups is 1. The van der Waals surface area contributed by atoms with Crippen LogP contribution in [-0.4, -0.2) is 48.8 Å². The van der Waals surface area contributed by atoms with E-state index >= 15 is 0 Å². The first-order valence-corrected chi connectivity index (χ1v) is 5.89. The number of alkyl halides is 3. The van der Waals surface area contributed by atoms with Gasteiger partial charge in [0.15, 0.2) is 0 Å². The van der Waals surface area contributed by atoms with Gasteiger partial charge in [0.1, 0.15) is 18.4 Å². The van der Waals surface area contributed by atoms with E-state index < -0.39 is 35.7 Å². The first-order valence-electron chi connectivity index (χ1n) is 5.89. The highest BCUT2D eigenvalue weighted by Crippen LogP contribution is 2.38. The molecule has 0 aromatic carbocycles. The lowest BCUT2D eigenvalue weighted by atomic mass is 10.1. The highest BCUT2D eigenvalue weighted by atomic mass is 19.4. The molecule has 1 aliphatic heterocycles. The SMILES string of the molecule is Cc1nn(CC(=O)N2N=CCC2(O)C(F)(F)F)cc1[N+](=O)[O-]. The number of nitro groups is 1. The summed E-state index contributed by atoms with van der Waals surface area (Å²) in [5.41, 5.74) is -3.78. The van der Waals surface area contributed by atoms with Gasteiger partial charge in [-0.2, -0.15) is 28.4 Å². The largest absolute Gasteiger partial charge is 0.438 e. The van der Waals surface area contributed by atoms with Crippen LogP contribution in [0.1, 0.15) is 12.1 Å². The molecule has 120 valence electrons. The third-order valence-electron chi connectivity index (χ3n) is 3.03. The Morgan fingerprint density at radius 2 is 2.23 bits per heavy atom. The average Bonchev–Trinajstić information content (AvgIpc) is 2.92. The summed E-state index contributed by atoms with van der Waals surface area (Å²) in [7, 11) is 0. The Bertz CT molecular complexity index is 655. The summed E-state index contributed by atoms with van der Waals surface area (Å²) < 4.78 is 39.3. The van der Waals surface area contributed by atoms with Crippen LogP contribution in [0, 0.1) is 17.0 Å². The molecule has 1 aliphatic rings. The van der Waals surface area contributed by atoms with Gasteiger partial charge in [-0.15, -0.1) is 0 Å². The lowest BCUT2D eigenvalue weighted by Crippen LogP contribution is -2.57. The molecule has 0 saturated heterocycles. The van der Waals surface area contributed by atoms with E-state index in [2.05, 4.69) is 10.2 Å². The number of hydrazone groups is 1. The van der Waals surface area contributed by atoms with Crippen molar-refractivity contribution < 1.29 is 28.0 Å². The first kappa shape index (κ1) is 15.9. The van der Waals surface area contributed by atoms with Crippen LogP contribution < -0.4 is 0 Å². The fraction of sp³-hybridized carbons (Fsp3) is 0.500. The fourth-order valence-corrected chi connectivity index (χ4v) is 1.91. The van der Waals surface area contributed by atoms with Crippen molar-refractivity contribution in [1.29, 1.82) is 0 Å². The summed E-state index contributed by atoms with van der Waals surface area (Å²) in [6, 6.07) is 0. The maximum atomic E-state index is 12.8. The van der Waals surface area contributed by atoms with Crippen LogP contribution in [0.15, 0.2) is 11.3 Å². The lowest BCUT2D eigenvalue weighted by Gasteiger charge is -2.32. The Morgan fingerprint density at radius 1 is 1.59 bits per heavy atom. The molecule has 9 nitrogen and oxygen atoms in total. The normalized spacial score (nSPS) is 21.4. The summed E-state index contributed by atoms with van der Waals surface area (Å²) >= 11 is 0. The van der Waals surface area contributed by atoms with E-state index in [1.54, 1.807) is 0 Å². The second-order valence-corrected chi connectivity index (χ2v) is 4.58. The number of amides is 1. The van der Waals surface area contributed by atoms with Crippen molar-refractivity contribution in [3.05, 3.63) is 22.0 Å². The van der Waals surface area contributed by atoms with Crippen molar-refractivity contribution in [3.63, 3.8) is 0 Å². The van der Waals surface area contributed by atoms with E-state index in [9.17, 15) is 33.2 Å². The first-order chi connectivity index (χ1) is 10.1. The third-order valence-corrected chi connectivity index (χ3v) is 3.03.